The molecule has 3 aromatic carbocycles. The highest BCUT2D eigenvalue weighted by molar-refractivity contribution is 7.16. The Kier molecular flexibility index (Phi) is 5.11. The molecule has 0 radical (unpaired) electrons. The number of anilines is 1. The number of hydrogen-bond acceptors (Lipinski definition) is 4. The van der Waals surface area contributed by atoms with E-state index >= 15 is 0 Å². The summed E-state index contributed by atoms with van der Waals surface area (Å²) in [6, 6.07) is 19.3. The molecule has 29 heavy (non-hydrogen) atoms. The van der Waals surface area contributed by atoms with Crippen LogP contribution in [0.5, 0.6) is 5.75 Å². The van der Waals surface area contributed by atoms with Gasteiger partial charge in [-0.05, 0) is 50.4 Å². The molecule has 4 rings (SSSR count). The van der Waals surface area contributed by atoms with Crippen molar-refractivity contribution in [3.05, 3.63) is 70.3 Å². The summed E-state index contributed by atoms with van der Waals surface area (Å²) in [6.07, 6.45) is -0.671. The van der Waals surface area contributed by atoms with E-state index in [2.05, 4.69) is 5.32 Å². The second kappa shape index (κ2) is 7.72. The summed E-state index contributed by atoms with van der Waals surface area (Å²) in [4.78, 5) is 24.9. The van der Waals surface area contributed by atoms with Crippen molar-refractivity contribution in [2.24, 2.45) is 0 Å². The third-order valence-electron chi connectivity index (χ3n) is 4.82. The third kappa shape index (κ3) is 3.76. The average molecular weight is 407 g/mol. The van der Waals surface area contributed by atoms with Gasteiger partial charge in [0.25, 0.3) is 5.91 Å². The van der Waals surface area contributed by atoms with Crippen LogP contribution < -0.4 is 14.9 Å². The molecule has 0 spiro atoms. The maximum Gasteiger partial charge on any atom is 0.308 e. The number of carbonyl (C=O) groups is 1. The Bertz CT molecular complexity index is 1250. The van der Waals surface area contributed by atoms with Crippen LogP contribution in [0.4, 0.5) is 5.69 Å². The lowest BCUT2D eigenvalue weighted by molar-refractivity contribution is -0.122. The molecule has 0 aliphatic rings. The van der Waals surface area contributed by atoms with Gasteiger partial charge in [-0.3, -0.25) is 14.2 Å². The highest BCUT2D eigenvalue weighted by atomic mass is 32.1. The number of hydrogen-bond donors (Lipinski definition) is 1. The second-order valence-electron chi connectivity index (χ2n) is 7.24. The third-order valence-corrected chi connectivity index (χ3v) is 5.74. The van der Waals surface area contributed by atoms with Crippen molar-refractivity contribution in [1.29, 1.82) is 0 Å². The van der Waals surface area contributed by atoms with Crippen molar-refractivity contribution >= 4 is 43.9 Å². The number of fused-ring (bicyclic) bond motifs is 2. The standard InChI is InChI=1S/C23H22N2O3S/c1-14(2)25-19-12-11-17(13-21(19)29-23(25)27)24-22(26)15(3)28-20-10-6-8-16-7-4-5-9-18(16)20/h4-15H,1-3H3,(H,24,26)/t15-/m1/s1. The molecule has 0 unspecified atom stereocenters. The summed E-state index contributed by atoms with van der Waals surface area (Å²) in [5.74, 6) is 0.432. The first kappa shape index (κ1) is 19.2. The van der Waals surface area contributed by atoms with Crippen molar-refractivity contribution in [3.63, 3.8) is 0 Å². The molecule has 1 aromatic heterocycles. The molecule has 1 N–H and O–H groups in total. The predicted octanol–water partition coefficient (Wildman–Crippen LogP) is 5.20. The molecule has 0 bridgehead atoms. The van der Waals surface area contributed by atoms with Crippen LogP contribution in [0.3, 0.4) is 0 Å². The Morgan fingerprint density at radius 3 is 2.59 bits per heavy atom. The van der Waals surface area contributed by atoms with Gasteiger partial charge in [0.15, 0.2) is 6.10 Å². The second-order valence-corrected chi connectivity index (χ2v) is 8.23. The van der Waals surface area contributed by atoms with E-state index in [1.807, 2.05) is 74.5 Å². The van der Waals surface area contributed by atoms with Crippen molar-refractivity contribution in [2.75, 3.05) is 5.32 Å². The molecule has 0 aliphatic heterocycles. The van der Waals surface area contributed by atoms with Crippen molar-refractivity contribution < 1.29 is 9.53 Å². The molecule has 4 aromatic rings. The van der Waals surface area contributed by atoms with E-state index < -0.39 is 6.10 Å². The molecule has 1 atom stereocenters. The highest BCUT2D eigenvalue weighted by Crippen LogP contribution is 2.27. The Morgan fingerprint density at radius 2 is 1.79 bits per heavy atom. The Labute approximate surface area is 172 Å². The maximum atomic E-state index is 12.7. The molecule has 6 heteroatoms. The summed E-state index contributed by atoms with van der Waals surface area (Å²) in [6.45, 7) is 5.69. The van der Waals surface area contributed by atoms with Crippen LogP contribution in [0.25, 0.3) is 21.0 Å². The van der Waals surface area contributed by atoms with Gasteiger partial charge in [0, 0.05) is 17.1 Å². The molecular weight excluding hydrogens is 384 g/mol. The summed E-state index contributed by atoms with van der Waals surface area (Å²) in [7, 11) is 0. The molecule has 0 saturated heterocycles. The van der Waals surface area contributed by atoms with Gasteiger partial charge < -0.3 is 10.1 Å². The summed E-state index contributed by atoms with van der Waals surface area (Å²) < 4.78 is 8.55. The lowest BCUT2D eigenvalue weighted by atomic mass is 10.1. The number of carbonyl (C=O) groups excluding carboxylic acids is 1. The van der Waals surface area contributed by atoms with E-state index in [-0.39, 0.29) is 16.8 Å². The maximum absolute atomic E-state index is 12.7. The van der Waals surface area contributed by atoms with E-state index in [0.29, 0.717) is 11.4 Å². The number of nitrogens with zero attached hydrogens (tertiary/aromatic N) is 1. The van der Waals surface area contributed by atoms with Gasteiger partial charge in [-0.1, -0.05) is 47.7 Å². The fourth-order valence-electron chi connectivity index (χ4n) is 3.39. The quantitative estimate of drug-likeness (QED) is 0.495. The summed E-state index contributed by atoms with van der Waals surface area (Å²) in [5, 5.41) is 4.92. The monoisotopic (exact) mass is 406 g/mol. The number of amides is 1. The van der Waals surface area contributed by atoms with Gasteiger partial charge in [-0.15, -0.1) is 0 Å². The largest absolute Gasteiger partial charge is 0.480 e. The fourth-order valence-corrected chi connectivity index (χ4v) is 4.44. The molecular formula is C23H22N2O3S. The summed E-state index contributed by atoms with van der Waals surface area (Å²) in [5.41, 5.74) is 1.53. The molecule has 5 nitrogen and oxygen atoms in total. The van der Waals surface area contributed by atoms with Gasteiger partial charge in [0.1, 0.15) is 5.75 Å². The average Bonchev–Trinajstić information content (AvgIpc) is 3.03. The number of nitrogens with one attached hydrogen (secondary N) is 1. The van der Waals surface area contributed by atoms with E-state index in [9.17, 15) is 9.59 Å². The molecule has 1 amide bonds. The zero-order chi connectivity index (χ0) is 20.5. The molecule has 0 aliphatic carbocycles. The summed E-state index contributed by atoms with van der Waals surface area (Å²) >= 11 is 1.19. The van der Waals surface area contributed by atoms with E-state index in [1.54, 1.807) is 11.5 Å². The minimum Gasteiger partial charge on any atom is -0.480 e. The Hall–Kier alpha value is -3.12. The Balaban J connectivity index is 1.53. The number of thiazole rings is 1. The zero-order valence-electron chi connectivity index (χ0n) is 16.5. The highest BCUT2D eigenvalue weighted by Gasteiger charge is 2.17. The van der Waals surface area contributed by atoms with E-state index in [4.69, 9.17) is 4.74 Å². The fraction of sp³-hybridized carbons (Fsp3) is 0.217. The van der Waals surface area contributed by atoms with Crippen LogP contribution in [-0.4, -0.2) is 16.6 Å². The zero-order valence-corrected chi connectivity index (χ0v) is 17.3. The van der Waals surface area contributed by atoms with Gasteiger partial charge in [0.05, 0.1) is 10.2 Å². The predicted molar refractivity (Wildman–Crippen MR) is 119 cm³/mol. The minimum atomic E-state index is -0.671. The van der Waals surface area contributed by atoms with Gasteiger partial charge in [-0.25, -0.2) is 0 Å². The van der Waals surface area contributed by atoms with Crippen molar-refractivity contribution in [3.8, 4) is 5.75 Å². The lowest BCUT2D eigenvalue weighted by Gasteiger charge is -2.16. The van der Waals surface area contributed by atoms with Crippen LogP contribution in [-0.2, 0) is 4.79 Å². The number of rotatable bonds is 5. The van der Waals surface area contributed by atoms with E-state index in [0.717, 1.165) is 21.0 Å². The first-order valence-electron chi connectivity index (χ1n) is 9.54. The first-order chi connectivity index (χ1) is 13.9. The molecule has 1 heterocycles. The smallest absolute Gasteiger partial charge is 0.308 e. The number of benzene rings is 3. The van der Waals surface area contributed by atoms with Crippen LogP contribution in [0.15, 0.2) is 65.5 Å². The van der Waals surface area contributed by atoms with Crippen LogP contribution in [0.2, 0.25) is 0 Å². The molecule has 0 saturated carbocycles. The number of ether oxygens (including phenoxy) is 1. The van der Waals surface area contributed by atoms with Crippen molar-refractivity contribution in [1.82, 2.24) is 4.57 Å². The first-order valence-corrected chi connectivity index (χ1v) is 10.4. The van der Waals surface area contributed by atoms with Crippen LogP contribution in [0.1, 0.15) is 26.8 Å². The number of aromatic nitrogens is 1. The minimum absolute atomic E-state index is 0.00568. The van der Waals surface area contributed by atoms with Gasteiger partial charge in [0.2, 0.25) is 0 Å². The van der Waals surface area contributed by atoms with Crippen LogP contribution >= 0.6 is 11.3 Å². The van der Waals surface area contributed by atoms with E-state index in [1.165, 1.54) is 11.3 Å². The van der Waals surface area contributed by atoms with Gasteiger partial charge in [-0.2, -0.15) is 0 Å². The Morgan fingerprint density at radius 1 is 1.03 bits per heavy atom. The SMILES string of the molecule is CC(C)n1c(=O)sc2cc(NC(=O)[C@@H](C)Oc3cccc4ccccc34)ccc21. The van der Waals surface area contributed by atoms with Gasteiger partial charge >= 0.3 is 4.87 Å². The topological polar surface area (TPSA) is 60.3 Å². The van der Waals surface area contributed by atoms with Crippen LogP contribution in [0, 0.1) is 0 Å². The normalized spacial score (nSPS) is 12.4. The molecule has 148 valence electrons. The molecule has 0 fully saturated rings. The lowest BCUT2D eigenvalue weighted by Crippen LogP contribution is -2.30. The van der Waals surface area contributed by atoms with Crippen molar-refractivity contribution in [2.45, 2.75) is 32.9 Å².